The average Bonchev–Trinajstić information content (AvgIpc) is 2.34. The molecule has 0 aromatic heterocycles. The van der Waals surface area contributed by atoms with Crippen molar-refractivity contribution >= 4 is 15.9 Å². The van der Waals surface area contributed by atoms with E-state index in [2.05, 4.69) is 21.2 Å². The molecule has 0 aliphatic carbocycles. The van der Waals surface area contributed by atoms with Crippen LogP contribution in [0.5, 0.6) is 11.5 Å². The van der Waals surface area contributed by atoms with E-state index in [9.17, 15) is 5.11 Å². The summed E-state index contributed by atoms with van der Waals surface area (Å²) in [6.45, 7) is 2.21. The Bertz CT molecular complexity index is 389. The van der Waals surface area contributed by atoms with Crippen LogP contribution in [0.2, 0.25) is 0 Å². The third-order valence-corrected chi connectivity index (χ3v) is 3.99. The van der Waals surface area contributed by atoms with Crippen molar-refractivity contribution in [3.05, 3.63) is 22.2 Å². The number of benzene rings is 1. The minimum atomic E-state index is 0.185. The van der Waals surface area contributed by atoms with Crippen LogP contribution in [0.4, 0.5) is 0 Å². The highest BCUT2D eigenvalue weighted by Gasteiger charge is 2.16. The molecule has 0 radical (unpaired) electrons. The summed E-state index contributed by atoms with van der Waals surface area (Å²) in [5, 5.41) is 13.1. The van der Waals surface area contributed by atoms with Gasteiger partial charge in [0.15, 0.2) is 11.5 Å². The Labute approximate surface area is 110 Å². The van der Waals surface area contributed by atoms with Gasteiger partial charge in [0, 0.05) is 4.47 Å². The molecule has 1 heterocycles. The molecule has 0 amide bonds. The van der Waals surface area contributed by atoms with Crippen LogP contribution < -0.4 is 10.1 Å². The lowest BCUT2D eigenvalue weighted by molar-refractivity contribution is 0.365. The Morgan fingerprint density at radius 3 is 3.00 bits per heavy atom. The maximum atomic E-state index is 9.65. The number of ether oxygens (including phenoxy) is 1. The molecule has 3 nitrogen and oxygen atoms in total. The summed E-state index contributed by atoms with van der Waals surface area (Å²) in [7, 11) is 1.58. The quantitative estimate of drug-likeness (QED) is 0.902. The fourth-order valence-corrected chi connectivity index (χ4v) is 2.81. The fourth-order valence-electron chi connectivity index (χ4n) is 2.31. The van der Waals surface area contributed by atoms with Gasteiger partial charge in [-0.3, -0.25) is 0 Å². The molecule has 4 heteroatoms. The van der Waals surface area contributed by atoms with Gasteiger partial charge >= 0.3 is 0 Å². The van der Waals surface area contributed by atoms with E-state index in [1.807, 2.05) is 6.07 Å². The van der Waals surface area contributed by atoms with Gasteiger partial charge < -0.3 is 15.2 Å². The van der Waals surface area contributed by atoms with E-state index < -0.39 is 0 Å². The van der Waals surface area contributed by atoms with Gasteiger partial charge in [-0.1, -0.05) is 15.9 Å². The number of phenols is 1. The normalized spacial score (nSPS) is 20.2. The molecule has 94 valence electrons. The highest BCUT2D eigenvalue weighted by Crippen LogP contribution is 2.34. The van der Waals surface area contributed by atoms with Gasteiger partial charge in [0.1, 0.15) is 0 Å². The number of hydrogen-bond acceptors (Lipinski definition) is 3. The lowest BCUT2D eigenvalue weighted by atomic mass is 9.92. The molecule has 1 aromatic carbocycles. The first-order chi connectivity index (χ1) is 8.20. The SMILES string of the molecule is COc1cc(CC2CCCNC2)c(Br)cc1O. The Kier molecular flexibility index (Phi) is 4.29. The molecule has 2 rings (SSSR count). The number of nitrogens with one attached hydrogen (secondary N) is 1. The highest BCUT2D eigenvalue weighted by atomic mass is 79.9. The fraction of sp³-hybridized carbons (Fsp3) is 0.538. The van der Waals surface area contributed by atoms with Gasteiger partial charge in [-0.25, -0.2) is 0 Å². The van der Waals surface area contributed by atoms with Crippen LogP contribution in [-0.2, 0) is 6.42 Å². The van der Waals surface area contributed by atoms with E-state index in [4.69, 9.17) is 4.74 Å². The predicted molar refractivity (Wildman–Crippen MR) is 71.7 cm³/mol. The van der Waals surface area contributed by atoms with Gasteiger partial charge in [-0.05, 0) is 56.0 Å². The smallest absolute Gasteiger partial charge is 0.160 e. The molecular weight excluding hydrogens is 282 g/mol. The standard InChI is InChI=1S/C13H18BrNO2/c1-17-13-6-10(11(14)7-12(13)16)5-9-3-2-4-15-8-9/h6-7,9,15-16H,2-5,8H2,1H3. The van der Waals surface area contributed by atoms with Crippen molar-refractivity contribution in [1.82, 2.24) is 5.32 Å². The van der Waals surface area contributed by atoms with E-state index >= 15 is 0 Å². The molecule has 1 aliphatic rings. The first-order valence-corrected chi connectivity index (χ1v) is 6.76. The second kappa shape index (κ2) is 5.74. The summed E-state index contributed by atoms with van der Waals surface area (Å²) in [4.78, 5) is 0. The number of phenolic OH excluding ortho intramolecular Hbond substituents is 1. The van der Waals surface area contributed by atoms with Crippen molar-refractivity contribution in [3.63, 3.8) is 0 Å². The summed E-state index contributed by atoms with van der Waals surface area (Å²) < 4.78 is 6.10. The molecule has 2 N–H and O–H groups in total. The molecule has 0 saturated carbocycles. The topological polar surface area (TPSA) is 41.5 Å². The van der Waals surface area contributed by atoms with Crippen LogP contribution in [-0.4, -0.2) is 25.3 Å². The van der Waals surface area contributed by atoms with Gasteiger partial charge in [0.05, 0.1) is 7.11 Å². The zero-order valence-electron chi connectivity index (χ0n) is 10.0. The molecule has 0 bridgehead atoms. The summed E-state index contributed by atoms with van der Waals surface area (Å²) >= 11 is 3.50. The molecule has 1 atom stereocenters. The number of piperidine rings is 1. The summed E-state index contributed by atoms with van der Waals surface area (Å²) in [5.74, 6) is 1.41. The van der Waals surface area contributed by atoms with Crippen LogP contribution in [0.1, 0.15) is 18.4 Å². The molecule has 17 heavy (non-hydrogen) atoms. The zero-order chi connectivity index (χ0) is 12.3. The first-order valence-electron chi connectivity index (χ1n) is 5.97. The van der Waals surface area contributed by atoms with E-state index in [0.717, 1.165) is 24.0 Å². The second-order valence-electron chi connectivity index (χ2n) is 4.53. The highest BCUT2D eigenvalue weighted by molar-refractivity contribution is 9.10. The number of rotatable bonds is 3. The van der Waals surface area contributed by atoms with E-state index in [0.29, 0.717) is 11.7 Å². The Hall–Kier alpha value is -0.740. The molecule has 0 spiro atoms. The number of hydrogen-bond donors (Lipinski definition) is 2. The van der Waals surface area contributed by atoms with Crippen molar-refractivity contribution in [2.24, 2.45) is 5.92 Å². The van der Waals surface area contributed by atoms with Crippen LogP contribution in [0, 0.1) is 5.92 Å². The number of halogens is 1. The third-order valence-electron chi connectivity index (χ3n) is 3.26. The van der Waals surface area contributed by atoms with Gasteiger partial charge in [-0.15, -0.1) is 0 Å². The maximum absolute atomic E-state index is 9.65. The molecule has 1 unspecified atom stereocenters. The minimum Gasteiger partial charge on any atom is -0.504 e. The predicted octanol–water partition coefficient (Wildman–Crippen LogP) is 2.71. The zero-order valence-corrected chi connectivity index (χ0v) is 11.6. The first kappa shape index (κ1) is 12.7. The summed E-state index contributed by atoms with van der Waals surface area (Å²) in [5.41, 5.74) is 1.20. The van der Waals surface area contributed by atoms with Crippen molar-refractivity contribution in [3.8, 4) is 11.5 Å². The van der Waals surface area contributed by atoms with Crippen LogP contribution >= 0.6 is 15.9 Å². The van der Waals surface area contributed by atoms with Crippen molar-refractivity contribution in [2.75, 3.05) is 20.2 Å². The Balaban J connectivity index is 2.13. The largest absolute Gasteiger partial charge is 0.504 e. The van der Waals surface area contributed by atoms with Crippen LogP contribution in [0.3, 0.4) is 0 Å². The van der Waals surface area contributed by atoms with Crippen LogP contribution in [0.15, 0.2) is 16.6 Å². The molecular formula is C13H18BrNO2. The van der Waals surface area contributed by atoms with Gasteiger partial charge in [0.25, 0.3) is 0 Å². The van der Waals surface area contributed by atoms with Crippen molar-refractivity contribution < 1.29 is 9.84 Å². The van der Waals surface area contributed by atoms with Crippen molar-refractivity contribution in [1.29, 1.82) is 0 Å². The second-order valence-corrected chi connectivity index (χ2v) is 5.39. The number of aromatic hydroxyl groups is 1. The van der Waals surface area contributed by atoms with E-state index in [-0.39, 0.29) is 5.75 Å². The Morgan fingerprint density at radius 1 is 1.53 bits per heavy atom. The molecule has 1 saturated heterocycles. The van der Waals surface area contributed by atoms with Crippen molar-refractivity contribution in [2.45, 2.75) is 19.3 Å². The van der Waals surface area contributed by atoms with Gasteiger partial charge in [0.2, 0.25) is 0 Å². The van der Waals surface area contributed by atoms with Gasteiger partial charge in [-0.2, -0.15) is 0 Å². The molecule has 1 fully saturated rings. The lowest BCUT2D eigenvalue weighted by Gasteiger charge is -2.23. The average molecular weight is 300 g/mol. The Morgan fingerprint density at radius 2 is 2.35 bits per heavy atom. The summed E-state index contributed by atoms with van der Waals surface area (Å²) in [6.07, 6.45) is 3.53. The molecule has 1 aliphatic heterocycles. The summed E-state index contributed by atoms with van der Waals surface area (Å²) in [6, 6.07) is 3.64. The monoisotopic (exact) mass is 299 g/mol. The minimum absolute atomic E-state index is 0.185. The molecule has 1 aromatic rings. The van der Waals surface area contributed by atoms with Crippen LogP contribution in [0.25, 0.3) is 0 Å². The third kappa shape index (κ3) is 3.13. The number of methoxy groups -OCH3 is 1. The maximum Gasteiger partial charge on any atom is 0.160 e. The van der Waals surface area contributed by atoms with E-state index in [1.54, 1.807) is 13.2 Å². The van der Waals surface area contributed by atoms with E-state index in [1.165, 1.54) is 18.4 Å². The lowest BCUT2D eigenvalue weighted by Crippen LogP contribution is -2.30.